The van der Waals surface area contributed by atoms with Crippen molar-refractivity contribution in [1.82, 2.24) is 0 Å². The summed E-state index contributed by atoms with van der Waals surface area (Å²) < 4.78 is -1.61. The normalized spacial score (nSPS) is 30.2. The van der Waals surface area contributed by atoms with E-state index in [9.17, 15) is 0 Å². The van der Waals surface area contributed by atoms with Crippen LogP contribution in [0.5, 0.6) is 0 Å². The first-order chi connectivity index (χ1) is 14.4. The minimum Gasteiger partial charge on any atom is -0.0755 e. The zero-order chi connectivity index (χ0) is 24.7. The van der Waals surface area contributed by atoms with Crippen molar-refractivity contribution in [2.45, 2.75) is 21.6 Å². The molecule has 0 bridgehead atoms. The first-order valence-corrected chi connectivity index (χ1v) is 19.2. The summed E-state index contributed by atoms with van der Waals surface area (Å²) in [7, 11) is 0. The standard InChI is InChI=1S/C18H6Br14/c19-9-6-8(10(20)12(22)11(9)21)14(24)13(23,7-4-2-1-3-5-7)15(25,26)17(29,30)18(31,32)16(14,27)28/h1-6H. The molecule has 3 rings (SSSR count). The molecule has 1 saturated carbocycles. The number of benzene rings is 2. The molecule has 2 unspecified atom stereocenters. The van der Waals surface area contributed by atoms with Gasteiger partial charge in [-0.15, -0.1) is 0 Å². The van der Waals surface area contributed by atoms with Crippen LogP contribution in [0.4, 0.5) is 0 Å². The van der Waals surface area contributed by atoms with E-state index in [1.807, 2.05) is 18.2 Å². The Labute approximate surface area is 304 Å². The van der Waals surface area contributed by atoms with Gasteiger partial charge in [0.25, 0.3) is 0 Å². The SMILES string of the molecule is Brc1cc(C2(Br)C(Br)(Br)C(Br)(Br)C(Br)(Br)C(Br)(Br)C2(Br)c2ccccc2)c(Br)c(Br)c1Br. The molecule has 14 heteroatoms. The highest BCUT2D eigenvalue weighted by Crippen LogP contribution is 2.85. The molecule has 1 aliphatic carbocycles. The van der Waals surface area contributed by atoms with E-state index in [0.29, 0.717) is 0 Å². The third kappa shape index (κ3) is 4.17. The van der Waals surface area contributed by atoms with Crippen molar-refractivity contribution < 1.29 is 0 Å². The maximum absolute atomic E-state index is 4.24. The summed E-state index contributed by atoms with van der Waals surface area (Å²) in [5, 5.41) is 0. The van der Waals surface area contributed by atoms with Crippen LogP contribution in [0.1, 0.15) is 11.1 Å². The van der Waals surface area contributed by atoms with Gasteiger partial charge in [-0.1, -0.05) is 190 Å². The van der Waals surface area contributed by atoms with Gasteiger partial charge in [0.15, 0.2) is 0 Å². The van der Waals surface area contributed by atoms with Gasteiger partial charge in [0.2, 0.25) is 0 Å². The van der Waals surface area contributed by atoms with Crippen molar-refractivity contribution >= 4 is 223 Å². The lowest BCUT2D eigenvalue weighted by molar-refractivity contribution is 0.329. The second kappa shape index (κ2) is 10.5. The fraction of sp³-hybridized carbons (Fsp3) is 0.333. The van der Waals surface area contributed by atoms with Gasteiger partial charge < -0.3 is 0 Å². The Hall–Kier alpha value is 5.16. The van der Waals surface area contributed by atoms with Gasteiger partial charge >= 0.3 is 0 Å². The van der Waals surface area contributed by atoms with Gasteiger partial charge in [-0.25, -0.2) is 0 Å². The smallest absolute Gasteiger partial charge is 0.0755 e. The molecule has 0 saturated heterocycles. The number of halogens is 14. The van der Waals surface area contributed by atoms with Crippen LogP contribution in [0, 0.1) is 0 Å². The predicted octanol–water partition coefficient (Wildman–Crippen LogP) is 13.6. The van der Waals surface area contributed by atoms with E-state index in [2.05, 4.69) is 241 Å². The second-order valence-corrected chi connectivity index (χ2v) is 26.2. The molecule has 2 atom stereocenters. The molecule has 2 aromatic rings. The van der Waals surface area contributed by atoms with Crippen molar-refractivity contribution in [3.63, 3.8) is 0 Å². The molecule has 1 fully saturated rings. The van der Waals surface area contributed by atoms with Gasteiger partial charge in [0, 0.05) is 17.9 Å². The Balaban J connectivity index is 2.62. The van der Waals surface area contributed by atoms with Gasteiger partial charge in [-0.3, -0.25) is 0 Å². The quantitative estimate of drug-likeness (QED) is 0.160. The monoisotopic (exact) mass is 1330 g/mol. The molecule has 176 valence electrons. The van der Waals surface area contributed by atoms with Crippen LogP contribution in [-0.4, -0.2) is 12.9 Å². The fourth-order valence-corrected chi connectivity index (χ4v) is 18.2. The summed E-state index contributed by atoms with van der Waals surface area (Å²) in [4.78, 5) is 0. The van der Waals surface area contributed by atoms with Crippen molar-refractivity contribution in [2.24, 2.45) is 0 Å². The minimum absolute atomic E-state index is 0.820. The first-order valence-electron chi connectivity index (χ1n) is 8.13. The number of rotatable bonds is 2. The van der Waals surface area contributed by atoms with Crippen molar-refractivity contribution in [1.29, 1.82) is 0 Å². The average molecular weight is 1340 g/mol. The summed E-state index contributed by atoms with van der Waals surface area (Å²) in [6, 6.07) is 12.3. The van der Waals surface area contributed by atoms with Gasteiger partial charge in [0.05, 0.1) is 4.32 Å². The Morgan fingerprint density at radius 3 is 1.38 bits per heavy atom. The van der Waals surface area contributed by atoms with Crippen molar-refractivity contribution in [3.05, 3.63) is 65.4 Å². The minimum atomic E-state index is -0.899. The summed E-state index contributed by atoms with van der Waals surface area (Å²) in [5.74, 6) is 0. The van der Waals surface area contributed by atoms with E-state index in [1.54, 1.807) is 0 Å². The third-order valence-electron chi connectivity index (χ3n) is 5.17. The van der Waals surface area contributed by atoms with Crippen LogP contribution in [-0.2, 0) is 8.65 Å². The van der Waals surface area contributed by atoms with E-state index in [0.717, 1.165) is 29.0 Å². The zero-order valence-corrected chi connectivity index (χ0v) is 37.0. The van der Waals surface area contributed by atoms with Crippen molar-refractivity contribution in [3.8, 4) is 0 Å². The molecule has 2 aromatic carbocycles. The Kier molecular flexibility index (Phi) is 10.4. The largest absolute Gasteiger partial charge is 0.134 e. The van der Waals surface area contributed by atoms with Crippen LogP contribution in [0.25, 0.3) is 0 Å². The van der Waals surface area contributed by atoms with Crippen LogP contribution >= 0.6 is 223 Å². The molecule has 0 aliphatic heterocycles. The highest BCUT2D eigenvalue weighted by Gasteiger charge is 2.85. The lowest BCUT2D eigenvalue weighted by Crippen LogP contribution is -2.77. The maximum atomic E-state index is 4.24. The molecule has 0 N–H and O–H groups in total. The van der Waals surface area contributed by atoms with E-state index in [1.165, 1.54) is 0 Å². The van der Waals surface area contributed by atoms with Gasteiger partial charge in [-0.05, 0) is 80.9 Å². The molecular formula is C18H6Br14. The number of hydrogen-bond acceptors (Lipinski definition) is 0. The molecule has 0 nitrogen and oxygen atoms in total. The lowest BCUT2D eigenvalue weighted by atomic mass is 9.71. The van der Waals surface area contributed by atoms with E-state index in [-0.39, 0.29) is 0 Å². The first kappa shape index (κ1) is 31.7. The topological polar surface area (TPSA) is 0 Å². The average Bonchev–Trinajstić information content (AvgIpc) is 2.72. The Morgan fingerprint density at radius 2 is 0.906 bits per heavy atom. The second-order valence-electron chi connectivity index (χ2n) is 6.83. The molecule has 0 heterocycles. The molecule has 1 aliphatic rings. The molecular weight excluding hydrogens is 1330 g/mol. The third-order valence-corrected chi connectivity index (χ3v) is 31.7. The van der Waals surface area contributed by atoms with Crippen LogP contribution < -0.4 is 0 Å². The van der Waals surface area contributed by atoms with Crippen LogP contribution in [0.2, 0.25) is 0 Å². The zero-order valence-electron chi connectivity index (χ0n) is 14.8. The molecule has 0 spiro atoms. The number of alkyl halides is 10. The highest BCUT2D eigenvalue weighted by molar-refractivity contribution is 9.35. The number of hydrogen-bond donors (Lipinski definition) is 0. The van der Waals surface area contributed by atoms with E-state index < -0.39 is 21.6 Å². The lowest BCUT2D eigenvalue weighted by Gasteiger charge is -2.68. The fourth-order valence-electron chi connectivity index (χ4n) is 3.49. The van der Waals surface area contributed by atoms with Gasteiger partial charge in [0.1, 0.15) is 17.3 Å². The van der Waals surface area contributed by atoms with E-state index in [4.69, 9.17) is 0 Å². The van der Waals surface area contributed by atoms with E-state index >= 15 is 0 Å². The molecule has 32 heavy (non-hydrogen) atoms. The highest BCUT2D eigenvalue weighted by atomic mass is 79.9. The summed E-state index contributed by atoms with van der Waals surface area (Å²) in [5.41, 5.74) is 1.95. The van der Waals surface area contributed by atoms with Gasteiger partial charge in [-0.2, -0.15) is 0 Å². The summed E-state index contributed by atoms with van der Waals surface area (Å²) in [6.07, 6.45) is 0. The summed E-state index contributed by atoms with van der Waals surface area (Å²) in [6.45, 7) is 0. The molecule has 0 amide bonds. The van der Waals surface area contributed by atoms with Crippen LogP contribution in [0.15, 0.2) is 54.3 Å². The Morgan fingerprint density at radius 1 is 0.469 bits per heavy atom. The van der Waals surface area contributed by atoms with Crippen molar-refractivity contribution in [2.75, 3.05) is 0 Å². The molecule has 0 radical (unpaired) electrons. The molecule has 0 aromatic heterocycles. The van der Waals surface area contributed by atoms with Crippen LogP contribution in [0.3, 0.4) is 0 Å². The predicted molar refractivity (Wildman–Crippen MR) is 187 cm³/mol. The Bertz CT molecular complexity index is 1060. The summed E-state index contributed by atoms with van der Waals surface area (Å²) >= 11 is 55.4. The maximum Gasteiger partial charge on any atom is 0.134 e.